The number of carbonyl (C=O) groups is 1. The molecule has 1 aromatic carbocycles. The van der Waals surface area contributed by atoms with Gasteiger partial charge in [0.2, 0.25) is 5.91 Å². The number of amides is 1. The van der Waals surface area contributed by atoms with Crippen LogP contribution in [0.2, 0.25) is 0 Å². The van der Waals surface area contributed by atoms with Crippen molar-refractivity contribution in [1.29, 1.82) is 0 Å². The second-order valence-electron chi connectivity index (χ2n) is 5.24. The molecule has 0 bridgehead atoms. The van der Waals surface area contributed by atoms with Crippen LogP contribution in [0.1, 0.15) is 44.7 Å². The van der Waals surface area contributed by atoms with Crippen molar-refractivity contribution >= 4 is 5.91 Å². The van der Waals surface area contributed by atoms with Gasteiger partial charge >= 0.3 is 0 Å². The molecule has 2 N–H and O–H groups in total. The molecule has 1 unspecified atom stereocenters. The van der Waals surface area contributed by atoms with E-state index in [1.54, 1.807) is 0 Å². The quantitative estimate of drug-likeness (QED) is 0.766. The standard InChI is InChI=1S/C16H24N2O2/c1-3-20-15-7-5-4-6-14(15)12(2)17-11-10-16(19)18-13-8-9-13/h4-7,12-13,17H,3,8-11H2,1-2H3,(H,18,19). The second-order valence-corrected chi connectivity index (χ2v) is 5.24. The molecule has 1 fully saturated rings. The molecule has 0 saturated heterocycles. The first-order valence-corrected chi connectivity index (χ1v) is 7.45. The van der Waals surface area contributed by atoms with Crippen molar-refractivity contribution in [1.82, 2.24) is 10.6 Å². The molecule has 1 atom stereocenters. The van der Waals surface area contributed by atoms with Crippen LogP contribution in [0.3, 0.4) is 0 Å². The highest BCUT2D eigenvalue weighted by molar-refractivity contribution is 5.76. The first kappa shape index (κ1) is 14.9. The van der Waals surface area contributed by atoms with Gasteiger partial charge in [0.25, 0.3) is 0 Å². The smallest absolute Gasteiger partial charge is 0.221 e. The Kier molecular flexibility index (Phi) is 5.41. The zero-order valence-corrected chi connectivity index (χ0v) is 12.3. The van der Waals surface area contributed by atoms with Gasteiger partial charge in [0.05, 0.1) is 6.61 Å². The normalized spacial score (nSPS) is 15.7. The molecule has 110 valence electrons. The summed E-state index contributed by atoms with van der Waals surface area (Å²) in [6.07, 6.45) is 2.80. The Morgan fingerprint density at radius 1 is 1.40 bits per heavy atom. The predicted molar refractivity (Wildman–Crippen MR) is 79.8 cm³/mol. The maximum Gasteiger partial charge on any atom is 0.221 e. The number of hydrogen-bond acceptors (Lipinski definition) is 3. The monoisotopic (exact) mass is 276 g/mol. The SMILES string of the molecule is CCOc1ccccc1C(C)NCCC(=O)NC1CC1. The summed E-state index contributed by atoms with van der Waals surface area (Å²) in [5, 5.41) is 6.38. The summed E-state index contributed by atoms with van der Waals surface area (Å²) in [4.78, 5) is 11.6. The summed E-state index contributed by atoms with van der Waals surface area (Å²) in [6.45, 7) is 5.42. The molecule has 20 heavy (non-hydrogen) atoms. The number of rotatable bonds is 8. The van der Waals surface area contributed by atoms with Crippen molar-refractivity contribution in [2.45, 2.75) is 45.2 Å². The van der Waals surface area contributed by atoms with Gasteiger partial charge in [-0.1, -0.05) is 18.2 Å². The van der Waals surface area contributed by atoms with E-state index in [4.69, 9.17) is 4.74 Å². The van der Waals surface area contributed by atoms with Gasteiger partial charge in [0.1, 0.15) is 5.75 Å². The Hall–Kier alpha value is -1.55. The Balaban J connectivity index is 1.78. The minimum Gasteiger partial charge on any atom is -0.494 e. The second kappa shape index (κ2) is 7.29. The van der Waals surface area contributed by atoms with Gasteiger partial charge in [-0.25, -0.2) is 0 Å². The fraction of sp³-hybridized carbons (Fsp3) is 0.562. The van der Waals surface area contributed by atoms with Crippen LogP contribution < -0.4 is 15.4 Å². The molecular formula is C16H24N2O2. The Morgan fingerprint density at radius 2 is 2.15 bits per heavy atom. The van der Waals surface area contributed by atoms with Gasteiger partial charge in [0, 0.05) is 30.6 Å². The van der Waals surface area contributed by atoms with Crippen molar-refractivity contribution < 1.29 is 9.53 Å². The fourth-order valence-corrected chi connectivity index (χ4v) is 2.16. The van der Waals surface area contributed by atoms with E-state index in [1.807, 2.05) is 25.1 Å². The maximum absolute atomic E-state index is 11.6. The lowest BCUT2D eigenvalue weighted by molar-refractivity contribution is -0.121. The van der Waals surface area contributed by atoms with Crippen LogP contribution >= 0.6 is 0 Å². The van der Waals surface area contributed by atoms with E-state index < -0.39 is 0 Å². The summed E-state index contributed by atoms with van der Waals surface area (Å²) in [6, 6.07) is 8.65. The molecule has 0 spiro atoms. The lowest BCUT2D eigenvalue weighted by atomic mass is 10.1. The Morgan fingerprint density at radius 3 is 2.85 bits per heavy atom. The molecule has 1 aliphatic rings. The first-order valence-electron chi connectivity index (χ1n) is 7.45. The summed E-state index contributed by atoms with van der Waals surface area (Å²) in [5.74, 6) is 1.06. The first-order chi connectivity index (χ1) is 9.70. The van der Waals surface area contributed by atoms with E-state index in [0.29, 0.717) is 25.6 Å². The zero-order valence-electron chi connectivity index (χ0n) is 12.3. The molecule has 0 aromatic heterocycles. The van der Waals surface area contributed by atoms with Crippen LogP contribution in [0.5, 0.6) is 5.75 Å². The summed E-state index contributed by atoms with van der Waals surface area (Å²) in [5.41, 5.74) is 1.14. The Labute approximate surface area is 120 Å². The molecule has 2 rings (SSSR count). The number of hydrogen-bond donors (Lipinski definition) is 2. The van der Waals surface area contributed by atoms with E-state index in [1.165, 1.54) is 0 Å². The summed E-state index contributed by atoms with van der Waals surface area (Å²) in [7, 11) is 0. The van der Waals surface area contributed by atoms with Crippen LogP contribution in [0.4, 0.5) is 0 Å². The number of carbonyl (C=O) groups excluding carboxylic acids is 1. The average Bonchev–Trinajstić information content (AvgIpc) is 3.23. The molecule has 0 aliphatic heterocycles. The highest BCUT2D eigenvalue weighted by atomic mass is 16.5. The molecular weight excluding hydrogens is 252 g/mol. The predicted octanol–water partition coefficient (Wildman–Crippen LogP) is 2.40. The minimum absolute atomic E-state index is 0.144. The third-order valence-electron chi connectivity index (χ3n) is 3.43. The van der Waals surface area contributed by atoms with Gasteiger partial charge in [-0.05, 0) is 32.8 Å². The van der Waals surface area contributed by atoms with E-state index in [2.05, 4.69) is 23.6 Å². The summed E-state index contributed by atoms with van der Waals surface area (Å²) >= 11 is 0. The molecule has 4 nitrogen and oxygen atoms in total. The van der Waals surface area contributed by atoms with Crippen molar-refractivity contribution in [2.24, 2.45) is 0 Å². The van der Waals surface area contributed by atoms with E-state index in [9.17, 15) is 4.79 Å². The largest absolute Gasteiger partial charge is 0.494 e. The van der Waals surface area contributed by atoms with Crippen LogP contribution in [-0.4, -0.2) is 25.1 Å². The van der Waals surface area contributed by atoms with Gasteiger partial charge in [0.15, 0.2) is 0 Å². The van der Waals surface area contributed by atoms with Crippen molar-refractivity contribution in [3.63, 3.8) is 0 Å². The lowest BCUT2D eigenvalue weighted by Gasteiger charge is -2.17. The van der Waals surface area contributed by atoms with E-state index >= 15 is 0 Å². The molecule has 1 saturated carbocycles. The minimum atomic E-state index is 0.144. The van der Waals surface area contributed by atoms with Crippen LogP contribution in [0, 0.1) is 0 Å². The van der Waals surface area contributed by atoms with Gasteiger partial charge < -0.3 is 15.4 Å². The van der Waals surface area contributed by atoms with Gasteiger partial charge in [-0.15, -0.1) is 0 Å². The topological polar surface area (TPSA) is 50.4 Å². The summed E-state index contributed by atoms with van der Waals surface area (Å²) < 4.78 is 5.63. The van der Waals surface area contributed by atoms with Crippen molar-refractivity contribution in [2.75, 3.05) is 13.2 Å². The molecule has 1 aromatic rings. The van der Waals surface area contributed by atoms with Crippen LogP contribution in [0.25, 0.3) is 0 Å². The zero-order chi connectivity index (χ0) is 14.4. The highest BCUT2D eigenvalue weighted by Gasteiger charge is 2.22. The molecule has 0 heterocycles. The lowest BCUT2D eigenvalue weighted by Crippen LogP contribution is -2.30. The average molecular weight is 276 g/mol. The third kappa shape index (κ3) is 4.53. The van der Waals surface area contributed by atoms with Crippen molar-refractivity contribution in [3.8, 4) is 5.75 Å². The number of para-hydroxylation sites is 1. The maximum atomic E-state index is 11.6. The molecule has 0 radical (unpaired) electrons. The highest BCUT2D eigenvalue weighted by Crippen LogP contribution is 2.24. The molecule has 1 amide bonds. The van der Waals surface area contributed by atoms with E-state index in [-0.39, 0.29) is 11.9 Å². The number of benzene rings is 1. The van der Waals surface area contributed by atoms with Crippen LogP contribution in [-0.2, 0) is 4.79 Å². The number of nitrogens with one attached hydrogen (secondary N) is 2. The number of ether oxygens (including phenoxy) is 1. The van der Waals surface area contributed by atoms with Crippen molar-refractivity contribution in [3.05, 3.63) is 29.8 Å². The fourth-order valence-electron chi connectivity index (χ4n) is 2.16. The van der Waals surface area contributed by atoms with Crippen LogP contribution in [0.15, 0.2) is 24.3 Å². The molecule has 4 heteroatoms. The van der Waals surface area contributed by atoms with Gasteiger partial charge in [-0.3, -0.25) is 4.79 Å². The van der Waals surface area contributed by atoms with Gasteiger partial charge in [-0.2, -0.15) is 0 Å². The third-order valence-corrected chi connectivity index (χ3v) is 3.43. The van der Waals surface area contributed by atoms with E-state index in [0.717, 1.165) is 24.2 Å². The molecule has 1 aliphatic carbocycles. The Bertz CT molecular complexity index is 444.